The number of halogens is 1. The normalized spacial score (nSPS) is 8.73. The van der Waals surface area contributed by atoms with Gasteiger partial charge in [0.15, 0.2) is 6.29 Å². The predicted molar refractivity (Wildman–Crippen MR) is 38.0 cm³/mol. The van der Waals surface area contributed by atoms with Crippen LogP contribution in [0.25, 0.3) is 4.85 Å². The van der Waals surface area contributed by atoms with Gasteiger partial charge in [0.2, 0.25) is 5.69 Å². The van der Waals surface area contributed by atoms with E-state index in [0.29, 0.717) is 6.29 Å². The number of carbonyl (C=O) groups is 1. The van der Waals surface area contributed by atoms with Crippen molar-refractivity contribution < 1.29 is 9.18 Å². The van der Waals surface area contributed by atoms with Crippen molar-refractivity contribution in [1.29, 1.82) is 0 Å². The van der Waals surface area contributed by atoms with Crippen LogP contribution in [0.4, 0.5) is 10.1 Å². The molecule has 0 aromatic heterocycles. The summed E-state index contributed by atoms with van der Waals surface area (Å²) in [6.07, 6.45) is 0.393. The fourth-order valence-electron chi connectivity index (χ4n) is 0.715. The van der Waals surface area contributed by atoms with Crippen molar-refractivity contribution in [2.24, 2.45) is 0 Å². The Kier molecular flexibility index (Phi) is 1.98. The fraction of sp³-hybridized carbons (Fsp3) is 0. The van der Waals surface area contributed by atoms with Gasteiger partial charge >= 0.3 is 0 Å². The lowest BCUT2D eigenvalue weighted by molar-refractivity contribution is 0.112. The van der Waals surface area contributed by atoms with Crippen LogP contribution in [0.2, 0.25) is 0 Å². The first-order chi connectivity index (χ1) is 5.29. The Labute approximate surface area is 63.1 Å². The van der Waals surface area contributed by atoms with Crippen LogP contribution in [0.5, 0.6) is 0 Å². The maximum atomic E-state index is 12.8. The van der Waals surface area contributed by atoms with Crippen molar-refractivity contribution >= 4 is 12.0 Å². The zero-order valence-corrected chi connectivity index (χ0v) is 5.54. The first-order valence-corrected chi connectivity index (χ1v) is 2.90. The summed E-state index contributed by atoms with van der Waals surface area (Å²) in [4.78, 5) is 13.0. The molecule has 0 amide bonds. The minimum absolute atomic E-state index is 0.0708. The molecule has 3 heteroatoms. The van der Waals surface area contributed by atoms with E-state index in [4.69, 9.17) is 6.57 Å². The molecule has 0 aliphatic rings. The molecule has 0 atom stereocenters. The van der Waals surface area contributed by atoms with Crippen LogP contribution >= 0.6 is 0 Å². The highest BCUT2D eigenvalue weighted by molar-refractivity contribution is 5.77. The Hall–Kier alpha value is -1.69. The largest absolute Gasteiger partial charge is 0.298 e. The molecule has 0 N–H and O–H groups in total. The van der Waals surface area contributed by atoms with Crippen LogP contribution in [0.15, 0.2) is 18.2 Å². The molecule has 1 aromatic rings. The molecule has 0 spiro atoms. The Bertz CT molecular complexity index is 327. The zero-order valence-electron chi connectivity index (χ0n) is 5.54. The number of aldehydes is 1. The van der Waals surface area contributed by atoms with E-state index in [9.17, 15) is 9.18 Å². The van der Waals surface area contributed by atoms with Gasteiger partial charge in [0.05, 0.1) is 6.57 Å². The molecule has 0 aliphatic heterocycles. The van der Waals surface area contributed by atoms with Crippen molar-refractivity contribution in [3.05, 3.63) is 41.0 Å². The van der Waals surface area contributed by atoms with E-state index in [1.54, 1.807) is 0 Å². The van der Waals surface area contributed by atoms with Gasteiger partial charge in [0.1, 0.15) is 5.82 Å². The highest BCUT2D eigenvalue weighted by atomic mass is 19.1. The molecule has 0 aliphatic carbocycles. The minimum atomic E-state index is -0.738. The summed E-state index contributed by atoms with van der Waals surface area (Å²) < 4.78 is 12.8. The highest BCUT2D eigenvalue weighted by Gasteiger charge is 2.05. The quantitative estimate of drug-likeness (QED) is 0.443. The molecule has 2 nitrogen and oxygen atoms in total. The Morgan fingerprint density at radius 3 is 2.82 bits per heavy atom. The van der Waals surface area contributed by atoms with Gasteiger partial charge in [0.25, 0.3) is 0 Å². The maximum Gasteiger partial charge on any atom is 0.222 e. The predicted octanol–water partition coefficient (Wildman–Crippen LogP) is 2.19. The molecule has 0 bridgehead atoms. The Morgan fingerprint density at radius 2 is 2.27 bits per heavy atom. The van der Waals surface area contributed by atoms with Crippen LogP contribution in [-0.2, 0) is 0 Å². The van der Waals surface area contributed by atoms with Crippen molar-refractivity contribution in [1.82, 2.24) is 0 Å². The number of nitrogens with zero attached hydrogens (tertiary/aromatic N) is 1. The molecule has 0 heterocycles. The number of hydrogen-bond donors (Lipinski definition) is 0. The maximum absolute atomic E-state index is 12.8. The minimum Gasteiger partial charge on any atom is -0.298 e. The molecule has 54 valence electrons. The van der Waals surface area contributed by atoms with Crippen LogP contribution in [0, 0.1) is 12.4 Å². The summed E-state index contributed by atoms with van der Waals surface area (Å²) in [5, 5.41) is 0. The summed E-state index contributed by atoms with van der Waals surface area (Å²) in [5.41, 5.74) is -0.187. The van der Waals surface area contributed by atoms with Gasteiger partial charge in [-0.15, -0.1) is 0 Å². The van der Waals surface area contributed by atoms with E-state index < -0.39 is 5.82 Å². The van der Waals surface area contributed by atoms with Gasteiger partial charge in [-0.05, 0) is 0 Å². The van der Waals surface area contributed by atoms with Gasteiger partial charge < -0.3 is 0 Å². The number of rotatable bonds is 1. The van der Waals surface area contributed by atoms with Crippen LogP contribution < -0.4 is 0 Å². The lowest BCUT2D eigenvalue weighted by Gasteiger charge is -1.94. The lowest BCUT2D eigenvalue weighted by Crippen LogP contribution is -1.85. The summed E-state index contributed by atoms with van der Waals surface area (Å²) in [6.45, 7) is 6.53. The molecule has 0 radical (unpaired) electrons. The molecule has 0 saturated carbocycles. The van der Waals surface area contributed by atoms with Gasteiger partial charge in [-0.1, -0.05) is 18.2 Å². The van der Waals surface area contributed by atoms with Crippen LogP contribution in [0.1, 0.15) is 10.4 Å². The third-order valence-corrected chi connectivity index (χ3v) is 1.26. The van der Waals surface area contributed by atoms with E-state index >= 15 is 0 Å². The lowest BCUT2D eigenvalue weighted by atomic mass is 10.2. The second-order valence-electron chi connectivity index (χ2n) is 1.91. The summed E-state index contributed by atoms with van der Waals surface area (Å²) in [6, 6.07) is 4.13. The average Bonchev–Trinajstić information content (AvgIpc) is 2.05. The van der Waals surface area contributed by atoms with Crippen molar-refractivity contribution in [2.75, 3.05) is 0 Å². The molecule has 11 heavy (non-hydrogen) atoms. The zero-order chi connectivity index (χ0) is 8.27. The second-order valence-corrected chi connectivity index (χ2v) is 1.91. The molecule has 1 rings (SSSR count). The van der Waals surface area contributed by atoms with Crippen molar-refractivity contribution in [3.63, 3.8) is 0 Å². The van der Waals surface area contributed by atoms with Gasteiger partial charge in [-0.25, -0.2) is 9.24 Å². The Balaban J connectivity index is 3.34. The van der Waals surface area contributed by atoms with Crippen LogP contribution in [0.3, 0.4) is 0 Å². The number of hydrogen-bond acceptors (Lipinski definition) is 1. The summed E-state index contributed by atoms with van der Waals surface area (Å²) in [5.74, 6) is -0.738. The third kappa shape index (κ3) is 1.24. The molecule has 0 saturated heterocycles. The van der Waals surface area contributed by atoms with E-state index in [-0.39, 0.29) is 11.3 Å². The SMILES string of the molecule is [C-]#[N+]c1cccc(C=O)c1F. The van der Waals surface area contributed by atoms with Gasteiger partial charge in [-0.3, -0.25) is 4.79 Å². The smallest absolute Gasteiger partial charge is 0.222 e. The molecule has 1 aromatic carbocycles. The van der Waals surface area contributed by atoms with Crippen molar-refractivity contribution in [3.8, 4) is 0 Å². The molecular weight excluding hydrogens is 145 g/mol. The van der Waals surface area contributed by atoms with E-state index in [1.165, 1.54) is 18.2 Å². The number of benzene rings is 1. The standard InChI is InChI=1S/C8H4FNO/c1-10-7-4-2-3-6(5-11)8(7)9/h2-5H. The molecule has 0 unspecified atom stereocenters. The Morgan fingerprint density at radius 1 is 1.55 bits per heavy atom. The van der Waals surface area contributed by atoms with Crippen molar-refractivity contribution in [2.45, 2.75) is 0 Å². The summed E-state index contributed by atoms with van der Waals surface area (Å²) in [7, 11) is 0. The number of carbonyl (C=O) groups excluding carboxylic acids is 1. The second kappa shape index (κ2) is 2.93. The fourth-order valence-corrected chi connectivity index (χ4v) is 0.715. The first-order valence-electron chi connectivity index (χ1n) is 2.90. The van der Waals surface area contributed by atoms with E-state index in [2.05, 4.69) is 4.85 Å². The monoisotopic (exact) mass is 149 g/mol. The van der Waals surface area contributed by atoms with Gasteiger partial charge in [0, 0.05) is 5.56 Å². The van der Waals surface area contributed by atoms with E-state index in [1.807, 2.05) is 0 Å². The molecular formula is C8H4FNO. The van der Waals surface area contributed by atoms with Gasteiger partial charge in [-0.2, -0.15) is 0 Å². The highest BCUT2D eigenvalue weighted by Crippen LogP contribution is 2.19. The molecule has 0 fully saturated rings. The first kappa shape index (κ1) is 7.42. The van der Waals surface area contributed by atoms with E-state index in [0.717, 1.165) is 0 Å². The topological polar surface area (TPSA) is 21.4 Å². The summed E-state index contributed by atoms with van der Waals surface area (Å²) >= 11 is 0. The van der Waals surface area contributed by atoms with Crippen LogP contribution in [-0.4, -0.2) is 6.29 Å². The average molecular weight is 149 g/mol. The third-order valence-electron chi connectivity index (χ3n) is 1.26.